The van der Waals surface area contributed by atoms with Gasteiger partial charge in [0.2, 0.25) is 5.75 Å². The van der Waals surface area contributed by atoms with E-state index < -0.39 is 4.92 Å². The number of fused-ring (bicyclic) bond motifs is 5. The number of halogens is 2. The van der Waals surface area contributed by atoms with Crippen molar-refractivity contribution in [2.24, 2.45) is 28.8 Å². The van der Waals surface area contributed by atoms with E-state index in [1.54, 1.807) is 24.3 Å². The van der Waals surface area contributed by atoms with Gasteiger partial charge in [0.15, 0.2) is 0 Å². The molecule has 168 valence electrons. The fourth-order valence-corrected chi connectivity index (χ4v) is 5.17. The summed E-state index contributed by atoms with van der Waals surface area (Å²) in [6.45, 7) is -0.0106. The number of amides is 2. The number of benzene rings is 2. The monoisotopic (exact) mass is 485 g/mol. The molecule has 4 atom stereocenters. The Balaban J connectivity index is 1.41. The Morgan fingerprint density at radius 1 is 1.09 bits per heavy atom. The highest BCUT2D eigenvalue weighted by atomic mass is 35.5. The van der Waals surface area contributed by atoms with Gasteiger partial charge >= 0.3 is 5.69 Å². The molecule has 2 aromatic rings. The average Bonchev–Trinajstić information content (AvgIpc) is 3.47. The van der Waals surface area contributed by atoms with Crippen molar-refractivity contribution in [3.05, 3.63) is 79.8 Å². The maximum absolute atomic E-state index is 12.8. The summed E-state index contributed by atoms with van der Waals surface area (Å²) in [5.41, 5.74) is 0.659. The molecule has 1 saturated heterocycles. The molecule has 5 rings (SSSR count). The van der Waals surface area contributed by atoms with Gasteiger partial charge in [0.25, 0.3) is 11.8 Å². The number of allylic oxidation sites excluding steroid dienone is 2. The molecular weight excluding hydrogens is 469 g/mol. The quantitative estimate of drug-likeness (QED) is 0.195. The van der Waals surface area contributed by atoms with E-state index in [1.165, 1.54) is 18.3 Å². The molecule has 8 nitrogen and oxygen atoms in total. The van der Waals surface area contributed by atoms with Crippen LogP contribution in [0.4, 0.5) is 5.69 Å². The van der Waals surface area contributed by atoms with Crippen LogP contribution in [0.1, 0.15) is 17.5 Å². The smallest absolute Gasteiger partial charge is 0.311 e. The van der Waals surface area contributed by atoms with Crippen molar-refractivity contribution >= 4 is 46.9 Å². The van der Waals surface area contributed by atoms with Crippen LogP contribution in [0.5, 0.6) is 5.75 Å². The second kappa shape index (κ2) is 8.28. The van der Waals surface area contributed by atoms with Crippen LogP contribution in [-0.4, -0.2) is 28.0 Å². The van der Waals surface area contributed by atoms with Crippen molar-refractivity contribution in [1.29, 1.82) is 0 Å². The fourth-order valence-electron chi connectivity index (χ4n) is 4.85. The molecule has 2 amide bonds. The maximum atomic E-state index is 12.8. The number of ether oxygens (including phenoxy) is 1. The molecule has 10 heteroatoms. The Kier molecular flexibility index (Phi) is 5.42. The van der Waals surface area contributed by atoms with E-state index in [4.69, 9.17) is 27.9 Å². The number of nitrogens with zero attached hydrogens (tertiary/aromatic N) is 3. The number of hydrogen-bond acceptors (Lipinski definition) is 6. The third kappa shape index (κ3) is 3.69. The number of carbonyl (C=O) groups excluding carboxylic acids is 2. The number of hydrazone groups is 1. The van der Waals surface area contributed by atoms with Crippen molar-refractivity contribution in [3.8, 4) is 5.75 Å². The largest absolute Gasteiger partial charge is 0.481 e. The normalized spacial score (nSPS) is 25.3. The van der Waals surface area contributed by atoms with Crippen LogP contribution in [0.2, 0.25) is 10.0 Å². The van der Waals surface area contributed by atoms with E-state index in [0.29, 0.717) is 15.6 Å². The molecule has 1 heterocycles. The number of nitro benzene ring substituents is 1. The third-order valence-corrected chi connectivity index (χ3v) is 7.09. The number of carbonyl (C=O) groups is 2. The number of hydrogen-bond donors (Lipinski definition) is 0. The lowest BCUT2D eigenvalue weighted by molar-refractivity contribution is -0.385. The van der Waals surface area contributed by atoms with E-state index in [9.17, 15) is 19.7 Å². The van der Waals surface area contributed by atoms with Crippen molar-refractivity contribution in [2.45, 2.75) is 13.0 Å². The van der Waals surface area contributed by atoms with Gasteiger partial charge in [-0.1, -0.05) is 47.5 Å². The first-order chi connectivity index (χ1) is 15.8. The minimum Gasteiger partial charge on any atom is -0.481 e. The van der Waals surface area contributed by atoms with E-state index >= 15 is 0 Å². The highest BCUT2D eigenvalue weighted by Crippen LogP contribution is 2.52. The minimum atomic E-state index is -0.568. The van der Waals surface area contributed by atoms with Crippen LogP contribution in [-0.2, 0) is 16.2 Å². The van der Waals surface area contributed by atoms with Crippen molar-refractivity contribution in [3.63, 3.8) is 0 Å². The molecule has 0 N–H and O–H groups in total. The first-order valence-corrected chi connectivity index (χ1v) is 11.0. The molecule has 2 bridgehead atoms. The summed E-state index contributed by atoms with van der Waals surface area (Å²) in [5, 5.41) is 17.3. The zero-order valence-corrected chi connectivity index (χ0v) is 18.6. The van der Waals surface area contributed by atoms with Crippen LogP contribution in [0, 0.1) is 33.8 Å². The molecule has 0 spiro atoms. The molecule has 0 aromatic heterocycles. The average molecular weight is 486 g/mol. The van der Waals surface area contributed by atoms with Gasteiger partial charge in [-0.15, -0.1) is 0 Å². The van der Waals surface area contributed by atoms with Gasteiger partial charge in [-0.05, 0) is 42.0 Å². The lowest BCUT2D eigenvalue weighted by Gasteiger charge is -2.13. The van der Waals surface area contributed by atoms with Gasteiger partial charge in [-0.25, -0.2) is 0 Å². The van der Waals surface area contributed by atoms with Crippen LogP contribution >= 0.6 is 23.2 Å². The van der Waals surface area contributed by atoms with Gasteiger partial charge in [0, 0.05) is 11.6 Å². The van der Waals surface area contributed by atoms with Crippen molar-refractivity contribution in [2.75, 3.05) is 0 Å². The lowest BCUT2D eigenvalue weighted by Crippen LogP contribution is -2.28. The Morgan fingerprint density at radius 2 is 1.79 bits per heavy atom. The Morgan fingerprint density at radius 3 is 2.42 bits per heavy atom. The summed E-state index contributed by atoms with van der Waals surface area (Å²) < 4.78 is 5.77. The molecule has 2 fully saturated rings. The van der Waals surface area contributed by atoms with Gasteiger partial charge in [-0.3, -0.25) is 19.7 Å². The van der Waals surface area contributed by atoms with Crippen LogP contribution in [0.15, 0.2) is 53.7 Å². The zero-order chi connectivity index (χ0) is 23.3. The fraction of sp³-hybridized carbons (Fsp3) is 0.261. The summed E-state index contributed by atoms with van der Waals surface area (Å²) in [4.78, 5) is 36.7. The zero-order valence-electron chi connectivity index (χ0n) is 17.1. The molecule has 1 saturated carbocycles. The molecule has 2 aromatic carbocycles. The predicted octanol–water partition coefficient (Wildman–Crippen LogP) is 4.62. The maximum Gasteiger partial charge on any atom is 0.311 e. The summed E-state index contributed by atoms with van der Waals surface area (Å²) in [7, 11) is 0. The Bertz CT molecular complexity index is 1210. The Labute approximate surface area is 198 Å². The topological polar surface area (TPSA) is 102 Å². The molecule has 2 aliphatic carbocycles. The predicted molar refractivity (Wildman–Crippen MR) is 121 cm³/mol. The second-order valence-corrected chi connectivity index (χ2v) is 9.04. The molecule has 4 unspecified atom stereocenters. The molecule has 33 heavy (non-hydrogen) atoms. The van der Waals surface area contributed by atoms with E-state index in [2.05, 4.69) is 5.10 Å². The molecule has 1 aliphatic heterocycles. The summed E-state index contributed by atoms with van der Waals surface area (Å²) in [6, 6.07) is 9.26. The van der Waals surface area contributed by atoms with Crippen LogP contribution < -0.4 is 4.74 Å². The highest BCUT2D eigenvalue weighted by molar-refractivity contribution is 6.42. The number of para-hydroxylation sites is 1. The Hall–Kier alpha value is -3.23. The number of rotatable bonds is 6. The SMILES string of the molecule is O=C1C2C3C=CC(C3)C2C(=O)N1N=Cc1cccc([N+](=O)[O-])c1OCc1ccc(Cl)c(Cl)c1. The van der Waals surface area contributed by atoms with Crippen molar-refractivity contribution in [1.82, 2.24) is 5.01 Å². The summed E-state index contributed by atoms with van der Waals surface area (Å²) in [5.74, 6) is -1.30. The van der Waals surface area contributed by atoms with E-state index in [-0.39, 0.29) is 59.1 Å². The molecule has 0 radical (unpaired) electrons. The standard InChI is InChI=1S/C23H17Cl2N3O5/c24-16-7-4-12(8-17(16)25)11-33-21-15(2-1-3-18(21)28(31)32)10-26-27-22(29)19-13-5-6-14(9-13)20(19)23(27)30/h1-8,10,13-14,19-20H,9,11H2. The molecular formula is C23H17Cl2N3O5. The van der Waals surface area contributed by atoms with Gasteiger partial charge < -0.3 is 4.74 Å². The van der Waals surface area contributed by atoms with Crippen LogP contribution in [0.3, 0.4) is 0 Å². The summed E-state index contributed by atoms with van der Waals surface area (Å²) in [6.07, 6.45) is 6.07. The molecule has 3 aliphatic rings. The first kappa shape index (κ1) is 21.6. The third-order valence-electron chi connectivity index (χ3n) is 6.35. The van der Waals surface area contributed by atoms with Gasteiger partial charge in [-0.2, -0.15) is 10.1 Å². The first-order valence-electron chi connectivity index (χ1n) is 10.3. The number of imide groups is 1. The van der Waals surface area contributed by atoms with Gasteiger partial charge in [0.05, 0.1) is 33.0 Å². The summed E-state index contributed by atoms with van der Waals surface area (Å²) >= 11 is 12.0. The minimum absolute atomic E-state index is 0.0106. The van der Waals surface area contributed by atoms with Crippen molar-refractivity contribution < 1.29 is 19.2 Å². The van der Waals surface area contributed by atoms with Gasteiger partial charge in [0.1, 0.15) is 6.61 Å². The van der Waals surface area contributed by atoms with Crippen LogP contribution in [0.25, 0.3) is 0 Å². The number of nitro groups is 1. The van der Waals surface area contributed by atoms with E-state index in [1.807, 2.05) is 12.2 Å². The van der Waals surface area contributed by atoms with E-state index in [0.717, 1.165) is 11.4 Å². The second-order valence-electron chi connectivity index (χ2n) is 8.22. The highest BCUT2D eigenvalue weighted by Gasteiger charge is 2.59. The lowest BCUT2D eigenvalue weighted by atomic mass is 9.85.